The molecule has 0 saturated carbocycles. The van der Waals surface area contributed by atoms with Crippen LogP contribution in [0.1, 0.15) is 64.2 Å². The molecule has 1 heterocycles. The van der Waals surface area contributed by atoms with Crippen molar-refractivity contribution >= 4 is 11.8 Å². The van der Waals surface area contributed by atoms with Crippen LogP contribution < -0.4 is 11.1 Å². The molecular formula is C31H43N3. The Balaban J connectivity index is 0.00000199. The van der Waals surface area contributed by atoms with Crippen LogP contribution in [0.15, 0.2) is 89.9 Å². The third-order valence-electron chi connectivity index (χ3n) is 6.54. The lowest BCUT2D eigenvalue weighted by Gasteiger charge is -2.41. The number of nitrogens with zero attached hydrogens (tertiary/aromatic N) is 1. The molecule has 1 aliphatic heterocycles. The third-order valence-corrected chi connectivity index (χ3v) is 6.54. The number of nitrogens with two attached hydrogens (primary N) is 1. The predicted molar refractivity (Wildman–Crippen MR) is 150 cm³/mol. The van der Waals surface area contributed by atoms with Crippen molar-refractivity contribution in [2.45, 2.75) is 60.4 Å². The number of likely N-dealkylation sites (N-methyl/N-ethyl adjacent to an activating group) is 1. The Kier molecular flexibility index (Phi) is 10.2. The van der Waals surface area contributed by atoms with Gasteiger partial charge in [-0.2, -0.15) is 0 Å². The van der Waals surface area contributed by atoms with Gasteiger partial charge in [0, 0.05) is 24.0 Å². The molecule has 0 amide bonds. The lowest BCUT2D eigenvalue weighted by molar-refractivity contribution is 0.243. The fourth-order valence-electron chi connectivity index (χ4n) is 4.32. The van der Waals surface area contributed by atoms with E-state index in [1.807, 2.05) is 32.0 Å². The van der Waals surface area contributed by atoms with Crippen molar-refractivity contribution in [3.8, 4) is 0 Å². The highest BCUT2D eigenvalue weighted by Crippen LogP contribution is 2.35. The average molecular weight is 458 g/mol. The molecule has 0 saturated heterocycles. The van der Waals surface area contributed by atoms with Crippen molar-refractivity contribution in [2.24, 2.45) is 11.7 Å². The second-order valence-corrected chi connectivity index (χ2v) is 8.69. The van der Waals surface area contributed by atoms with Crippen LogP contribution in [-0.4, -0.2) is 18.0 Å². The summed E-state index contributed by atoms with van der Waals surface area (Å²) in [5, 5.41) is 3.72. The lowest BCUT2D eigenvalue weighted by Crippen LogP contribution is -2.46. The van der Waals surface area contributed by atoms with Crippen molar-refractivity contribution in [3.05, 3.63) is 107 Å². The van der Waals surface area contributed by atoms with Crippen molar-refractivity contribution < 1.29 is 0 Å². The smallest absolute Gasteiger partial charge is 0.0996 e. The number of hydrogen-bond donors (Lipinski definition) is 2. The van der Waals surface area contributed by atoms with Gasteiger partial charge in [0.05, 0.1) is 11.9 Å². The zero-order valence-corrected chi connectivity index (χ0v) is 22.2. The fraction of sp³-hybridized carbons (Fsp3) is 0.355. The van der Waals surface area contributed by atoms with E-state index in [1.54, 1.807) is 0 Å². The summed E-state index contributed by atoms with van der Waals surface area (Å²) in [7, 11) is 2.09. The molecule has 0 aliphatic carbocycles. The molecule has 0 radical (unpaired) electrons. The van der Waals surface area contributed by atoms with Gasteiger partial charge >= 0.3 is 0 Å². The minimum atomic E-state index is 0.146. The first-order valence-electron chi connectivity index (χ1n) is 12.6. The van der Waals surface area contributed by atoms with E-state index < -0.39 is 0 Å². The average Bonchev–Trinajstić information content (AvgIpc) is 2.87. The second-order valence-electron chi connectivity index (χ2n) is 8.69. The summed E-state index contributed by atoms with van der Waals surface area (Å²) >= 11 is 0. The molecule has 3 rings (SSSR count). The molecule has 3 nitrogen and oxygen atoms in total. The molecule has 0 fully saturated rings. The van der Waals surface area contributed by atoms with Gasteiger partial charge < -0.3 is 16.0 Å². The van der Waals surface area contributed by atoms with Crippen molar-refractivity contribution in [1.29, 1.82) is 0 Å². The monoisotopic (exact) mass is 457 g/mol. The van der Waals surface area contributed by atoms with E-state index in [1.165, 1.54) is 28.0 Å². The lowest BCUT2D eigenvalue weighted by atomic mass is 9.86. The molecule has 0 aromatic heterocycles. The van der Waals surface area contributed by atoms with Gasteiger partial charge in [0.1, 0.15) is 0 Å². The SMILES string of the molecule is C=C(NC1=C(/C(=C/c2ccccc2C)CC)C=C(N)N(C)C1C(C)CC)c1ccccc1.CC. The molecule has 182 valence electrons. The molecule has 0 bridgehead atoms. The van der Waals surface area contributed by atoms with Gasteiger partial charge in [-0.1, -0.05) is 108 Å². The predicted octanol–water partition coefficient (Wildman–Crippen LogP) is 7.49. The van der Waals surface area contributed by atoms with E-state index in [4.69, 9.17) is 5.73 Å². The van der Waals surface area contributed by atoms with E-state index >= 15 is 0 Å². The van der Waals surface area contributed by atoms with E-state index in [0.717, 1.165) is 29.9 Å². The number of benzene rings is 2. The number of hydrogen-bond acceptors (Lipinski definition) is 3. The van der Waals surface area contributed by atoms with E-state index in [-0.39, 0.29) is 6.04 Å². The first-order valence-corrected chi connectivity index (χ1v) is 12.6. The number of allylic oxidation sites excluding steroid dienone is 3. The summed E-state index contributed by atoms with van der Waals surface area (Å²) in [6.45, 7) is 17.3. The van der Waals surface area contributed by atoms with E-state index in [0.29, 0.717) is 5.92 Å². The van der Waals surface area contributed by atoms with Crippen LogP contribution in [0.2, 0.25) is 0 Å². The molecule has 2 aromatic carbocycles. The van der Waals surface area contributed by atoms with Gasteiger partial charge in [-0.05, 0) is 47.6 Å². The van der Waals surface area contributed by atoms with Crippen LogP contribution in [0.25, 0.3) is 11.8 Å². The van der Waals surface area contributed by atoms with Crippen molar-refractivity contribution in [3.63, 3.8) is 0 Å². The molecule has 34 heavy (non-hydrogen) atoms. The van der Waals surface area contributed by atoms with Crippen LogP contribution in [0.5, 0.6) is 0 Å². The van der Waals surface area contributed by atoms with E-state index in [9.17, 15) is 0 Å². The van der Waals surface area contributed by atoms with E-state index in [2.05, 4.69) is 100 Å². The van der Waals surface area contributed by atoms with Gasteiger partial charge in [-0.25, -0.2) is 0 Å². The zero-order valence-electron chi connectivity index (χ0n) is 22.2. The van der Waals surface area contributed by atoms with Gasteiger partial charge in [0.15, 0.2) is 0 Å². The Bertz CT molecular complexity index is 1040. The quantitative estimate of drug-likeness (QED) is 0.431. The van der Waals surface area contributed by atoms with Gasteiger partial charge in [0.2, 0.25) is 0 Å². The zero-order chi connectivity index (χ0) is 25.3. The third kappa shape index (κ3) is 6.22. The minimum Gasteiger partial charge on any atom is -0.385 e. The van der Waals surface area contributed by atoms with Crippen LogP contribution in [-0.2, 0) is 0 Å². The Hall–Kier alpha value is -3.20. The molecule has 3 N–H and O–H groups in total. The molecule has 3 heteroatoms. The van der Waals surface area contributed by atoms with Crippen molar-refractivity contribution in [1.82, 2.24) is 10.2 Å². The van der Waals surface area contributed by atoms with Crippen LogP contribution in [0.4, 0.5) is 0 Å². The summed E-state index contributed by atoms with van der Waals surface area (Å²) in [6.07, 6.45) is 6.39. The molecule has 2 aromatic rings. The molecule has 1 aliphatic rings. The molecular weight excluding hydrogens is 414 g/mol. The van der Waals surface area contributed by atoms with Gasteiger partial charge in [0.25, 0.3) is 0 Å². The van der Waals surface area contributed by atoms with Gasteiger partial charge in [-0.3, -0.25) is 0 Å². The largest absolute Gasteiger partial charge is 0.385 e. The summed E-state index contributed by atoms with van der Waals surface area (Å²) in [5.41, 5.74) is 14.7. The molecule has 2 atom stereocenters. The van der Waals surface area contributed by atoms with Crippen LogP contribution >= 0.6 is 0 Å². The highest BCUT2D eigenvalue weighted by atomic mass is 15.2. The molecule has 0 spiro atoms. The highest BCUT2D eigenvalue weighted by molar-refractivity contribution is 5.68. The standard InChI is InChI=1S/C29H37N3.C2H6/c1-7-20(3)29-28(31-22(5)24-15-10-9-11-16-24)26(19-27(30)32(29)6)23(8-2)18-25-17-13-12-14-21(25)4;1-2/h9-20,29,31H,5,7-8,30H2,1-4,6H3;1-2H3/b23-18+;. The fourth-order valence-corrected chi connectivity index (χ4v) is 4.32. The second kappa shape index (κ2) is 12.9. The maximum atomic E-state index is 6.55. The number of aryl methyl sites for hydroxylation is 1. The topological polar surface area (TPSA) is 41.3 Å². The molecule has 2 unspecified atom stereocenters. The maximum Gasteiger partial charge on any atom is 0.0996 e. The Labute approximate surface area is 207 Å². The first kappa shape index (κ1) is 27.0. The Morgan fingerprint density at radius 1 is 1.09 bits per heavy atom. The number of nitrogens with one attached hydrogen (secondary N) is 1. The highest BCUT2D eigenvalue weighted by Gasteiger charge is 2.32. The van der Waals surface area contributed by atoms with Gasteiger partial charge in [-0.15, -0.1) is 0 Å². The minimum absolute atomic E-state index is 0.146. The summed E-state index contributed by atoms with van der Waals surface area (Å²) in [4.78, 5) is 2.19. The van der Waals surface area contributed by atoms with Crippen LogP contribution in [0.3, 0.4) is 0 Å². The first-order chi connectivity index (χ1) is 16.4. The number of rotatable bonds is 8. The Morgan fingerprint density at radius 3 is 2.29 bits per heavy atom. The Morgan fingerprint density at radius 2 is 1.71 bits per heavy atom. The summed E-state index contributed by atoms with van der Waals surface area (Å²) < 4.78 is 0. The normalized spacial score (nSPS) is 16.9. The van der Waals surface area contributed by atoms with Crippen LogP contribution in [0, 0.1) is 12.8 Å². The maximum absolute atomic E-state index is 6.55. The summed E-state index contributed by atoms with van der Waals surface area (Å²) in [6, 6.07) is 19.0. The van der Waals surface area contributed by atoms with Crippen molar-refractivity contribution in [2.75, 3.05) is 7.05 Å². The summed E-state index contributed by atoms with van der Waals surface area (Å²) in [5.74, 6) is 1.22.